The molecule has 130 valence electrons. The SMILES string of the molecule is CCNC(=NCCc1ncc(CC)s1)NCCc1ccc(C)cc1. The Kier molecular flexibility index (Phi) is 7.75. The molecule has 0 aliphatic heterocycles. The largest absolute Gasteiger partial charge is 0.357 e. The normalized spacial score (nSPS) is 11.5. The summed E-state index contributed by atoms with van der Waals surface area (Å²) in [6.07, 6.45) is 4.94. The summed E-state index contributed by atoms with van der Waals surface area (Å²) < 4.78 is 0. The van der Waals surface area contributed by atoms with Crippen molar-refractivity contribution < 1.29 is 0 Å². The Bertz CT molecular complexity index is 631. The highest BCUT2D eigenvalue weighted by Crippen LogP contribution is 2.13. The van der Waals surface area contributed by atoms with E-state index in [0.29, 0.717) is 0 Å². The molecule has 0 fully saturated rings. The molecule has 0 saturated heterocycles. The Hall–Kier alpha value is -1.88. The van der Waals surface area contributed by atoms with Gasteiger partial charge in [-0.3, -0.25) is 4.99 Å². The number of rotatable bonds is 8. The number of aliphatic imine (C=N–C) groups is 1. The summed E-state index contributed by atoms with van der Waals surface area (Å²) >= 11 is 1.79. The van der Waals surface area contributed by atoms with Crippen LogP contribution in [0.5, 0.6) is 0 Å². The zero-order valence-electron chi connectivity index (χ0n) is 14.9. The first-order valence-electron chi connectivity index (χ1n) is 8.72. The summed E-state index contributed by atoms with van der Waals surface area (Å²) in [5.74, 6) is 0.886. The number of guanidine groups is 1. The third kappa shape index (κ3) is 6.32. The molecule has 0 amide bonds. The van der Waals surface area contributed by atoms with Crippen LogP contribution in [0.25, 0.3) is 0 Å². The smallest absolute Gasteiger partial charge is 0.191 e. The standard InChI is InChI=1S/C19H28N4S/c1-4-17-14-23-18(24-17)11-13-22-19(20-5-2)21-12-10-16-8-6-15(3)7-9-16/h6-9,14H,4-5,10-13H2,1-3H3,(H2,20,21,22). The predicted octanol–water partition coefficient (Wildman–Crippen LogP) is 3.35. The zero-order chi connectivity index (χ0) is 17.2. The van der Waals surface area contributed by atoms with E-state index in [0.717, 1.165) is 44.9 Å². The lowest BCUT2D eigenvalue weighted by molar-refractivity contribution is 0.796. The molecule has 24 heavy (non-hydrogen) atoms. The molecule has 0 aliphatic rings. The van der Waals surface area contributed by atoms with Crippen molar-refractivity contribution in [2.75, 3.05) is 19.6 Å². The van der Waals surface area contributed by atoms with Gasteiger partial charge in [-0.2, -0.15) is 0 Å². The number of hydrogen-bond acceptors (Lipinski definition) is 3. The third-order valence-corrected chi connectivity index (χ3v) is 4.92. The first-order chi connectivity index (χ1) is 11.7. The van der Waals surface area contributed by atoms with Gasteiger partial charge < -0.3 is 10.6 Å². The molecule has 1 heterocycles. The fourth-order valence-corrected chi connectivity index (χ4v) is 3.16. The second kappa shape index (κ2) is 10.1. The molecule has 2 N–H and O–H groups in total. The van der Waals surface area contributed by atoms with Gasteiger partial charge in [-0.05, 0) is 32.3 Å². The lowest BCUT2D eigenvalue weighted by Gasteiger charge is -2.11. The van der Waals surface area contributed by atoms with Crippen molar-refractivity contribution in [3.63, 3.8) is 0 Å². The molecule has 0 aliphatic carbocycles. The van der Waals surface area contributed by atoms with Gasteiger partial charge in [0.05, 0.1) is 5.01 Å². The number of benzene rings is 1. The van der Waals surface area contributed by atoms with Crippen LogP contribution >= 0.6 is 11.3 Å². The van der Waals surface area contributed by atoms with Gasteiger partial charge in [0.25, 0.3) is 0 Å². The molecule has 2 aromatic rings. The maximum absolute atomic E-state index is 4.65. The molecule has 5 heteroatoms. The highest BCUT2D eigenvalue weighted by atomic mass is 32.1. The number of aromatic nitrogens is 1. The van der Waals surface area contributed by atoms with Crippen LogP contribution < -0.4 is 10.6 Å². The van der Waals surface area contributed by atoms with E-state index in [1.165, 1.54) is 21.0 Å². The summed E-state index contributed by atoms with van der Waals surface area (Å²) in [6, 6.07) is 8.70. The molecule has 1 aromatic carbocycles. The molecule has 4 nitrogen and oxygen atoms in total. The molecule has 0 spiro atoms. The van der Waals surface area contributed by atoms with Crippen LogP contribution in [-0.4, -0.2) is 30.6 Å². The van der Waals surface area contributed by atoms with Crippen LogP contribution in [0, 0.1) is 6.92 Å². The number of thiazole rings is 1. The van der Waals surface area contributed by atoms with Crippen LogP contribution in [0.4, 0.5) is 0 Å². The van der Waals surface area contributed by atoms with Crippen molar-refractivity contribution in [2.45, 2.75) is 40.0 Å². The lowest BCUT2D eigenvalue weighted by Crippen LogP contribution is -2.38. The predicted molar refractivity (Wildman–Crippen MR) is 104 cm³/mol. The van der Waals surface area contributed by atoms with Gasteiger partial charge in [0.15, 0.2) is 5.96 Å². The van der Waals surface area contributed by atoms with Gasteiger partial charge in [0.1, 0.15) is 0 Å². The summed E-state index contributed by atoms with van der Waals surface area (Å²) in [5.41, 5.74) is 2.65. The third-order valence-electron chi connectivity index (χ3n) is 3.72. The van der Waals surface area contributed by atoms with Crippen molar-refractivity contribution in [3.8, 4) is 0 Å². The molecule has 0 atom stereocenters. The average Bonchev–Trinajstić information content (AvgIpc) is 3.05. The molecule has 0 saturated carbocycles. The van der Waals surface area contributed by atoms with Gasteiger partial charge in [-0.1, -0.05) is 36.8 Å². The first-order valence-corrected chi connectivity index (χ1v) is 9.54. The van der Waals surface area contributed by atoms with Gasteiger partial charge >= 0.3 is 0 Å². The first kappa shape index (κ1) is 18.5. The van der Waals surface area contributed by atoms with E-state index in [2.05, 4.69) is 65.6 Å². The maximum Gasteiger partial charge on any atom is 0.191 e. The van der Waals surface area contributed by atoms with E-state index in [9.17, 15) is 0 Å². The minimum atomic E-state index is 0.760. The van der Waals surface area contributed by atoms with E-state index in [1.807, 2.05) is 6.20 Å². The van der Waals surface area contributed by atoms with Crippen LogP contribution in [0.2, 0.25) is 0 Å². The molecule has 1 aromatic heterocycles. The maximum atomic E-state index is 4.65. The van der Waals surface area contributed by atoms with E-state index in [-0.39, 0.29) is 0 Å². The summed E-state index contributed by atoms with van der Waals surface area (Å²) in [5, 5.41) is 7.88. The van der Waals surface area contributed by atoms with Crippen molar-refractivity contribution in [2.24, 2.45) is 4.99 Å². The van der Waals surface area contributed by atoms with E-state index >= 15 is 0 Å². The summed E-state index contributed by atoms with van der Waals surface area (Å²) in [7, 11) is 0. The molecule has 0 unspecified atom stereocenters. The molecule has 0 bridgehead atoms. The monoisotopic (exact) mass is 344 g/mol. The number of nitrogens with zero attached hydrogens (tertiary/aromatic N) is 2. The quantitative estimate of drug-likeness (QED) is 0.570. The van der Waals surface area contributed by atoms with Gasteiger partial charge in [0.2, 0.25) is 0 Å². The highest BCUT2D eigenvalue weighted by Gasteiger charge is 2.01. The van der Waals surface area contributed by atoms with E-state index in [4.69, 9.17) is 0 Å². The Labute approximate surface area is 149 Å². The number of hydrogen-bond donors (Lipinski definition) is 2. The van der Waals surface area contributed by atoms with Crippen molar-refractivity contribution in [1.29, 1.82) is 0 Å². The van der Waals surface area contributed by atoms with Gasteiger partial charge in [-0.15, -0.1) is 11.3 Å². The fraction of sp³-hybridized carbons (Fsp3) is 0.474. The van der Waals surface area contributed by atoms with E-state index in [1.54, 1.807) is 11.3 Å². The van der Waals surface area contributed by atoms with Crippen molar-refractivity contribution in [1.82, 2.24) is 15.6 Å². The van der Waals surface area contributed by atoms with Crippen LogP contribution in [-0.2, 0) is 19.3 Å². The second-order valence-corrected chi connectivity index (χ2v) is 6.95. The molecule has 2 rings (SSSR count). The molecular formula is C19H28N4S. The van der Waals surface area contributed by atoms with E-state index < -0.39 is 0 Å². The molecular weight excluding hydrogens is 316 g/mol. The Morgan fingerprint density at radius 2 is 1.92 bits per heavy atom. The lowest BCUT2D eigenvalue weighted by atomic mass is 10.1. The zero-order valence-corrected chi connectivity index (χ0v) is 15.7. The highest BCUT2D eigenvalue weighted by molar-refractivity contribution is 7.11. The molecule has 0 radical (unpaired) electrons. The van der Waals surface area contributed by atoms with Gasteiger partial charge in [-0.25, -0.2) is 4.98 Å². The van der Waals surface area contributed by atoms with Crippen LogP contribution in [0.3, 0.4) is 0 Å². The Morgan fingerprint density at radius 1 is 1.12 bits per heavy atom. The fourth-order valence-electron chi connectivity index (χ4n) is 2.31. The second-order valence-electron chi connectivity index (χ2n) is 5.75. The van der Waals surface area contributed by atoms with Crippen LogP contribution in [0.15, 0.2) is 35.5 Å². The van der Waals surface area contributed by atoms with Crippen LogP contribution in [0.1, 0.15) is 34.9 Å². The Balaban J connectivity index is 1.78. The van der Waals surface area contributed by atoms with Crippen molar-refractivity contribution in [3.05, 3.63) is 51.5 Å². The minimum absolute atomic E-state index is 0.760. The minimum Gasteiger partial charge on any atom is -0.357 e. The van der Waals surface area contributed by atoms with Gasteiger partial charge in [0, 0.05) is 37.1 Å². The summed E-state index contributed by atoms with van der Waals surface area (Å²) in [4.78, 5) is 10.4. The average molecular weight is 345 g/mol. The number of aryl methyl sites for hydroxylation is 2. The van der Waals surface area contributed by atoms with Crippen molar-refractivity contribution >= 4 is 17.3 Å². The topological polar surface area (TPSA) is 49.3 Å². The summed E-state index contributed by atoms with van der Waals surface area (Å²) in [6.45, 7) is 8.88. The number of nitrogens with one attached hydrogen (secondary N) is 2. The Morgan fingerprint density at radius 3 is 2.58 bits per heavy atom.